The van der Waals surface area contributed by atoms with Crippen LogP contribution in [0.4, 0.5) is 0 Å². The Kier molecular flexibility index (Phi) is 4.61. The van der Waals surface area contributed by atoms with Crippen molar-refractivity contribution in [3.63, 3.8) is 0 Å². The molecule has 6 nitrogen and oxygen atoms in total. The van der Waals surface area contributed by atoms with Crippen LogP contribution in [-0.4, -0.2) is 40.9 Å². The number of hydrogen-bond donors (Lipinski definition) is 1. The number of aliphatic carboxylic acids is 1. The van der Waals surface area contributed by atoms with Crippen molar-refractivity contribution in [3.05, 3.63) is 71.3 Å². The van der Waals surface area contributed by atoms with Crippen LogP contribution in [-0.2, 0) is 4.79 Å². The average Bonchev–Trinajstić information content (AvgIpc) is 2.86. The minimum Gasteiger partial charge on any atom is -0.492 e. The van der Waals surface area contributed by atoms with E-state index in [4.69, 9.17) is 9.84 Å². The molecule has 2 aromatic rings. The Hall–Kier alpha value is -3.41. The number of fused-ring (bicyclic) bond motifs is 1. The van der Waals surface area contributed by atoms with E-state index in [-0.39, 0.29) is 25.0 Å². The minimum atomic E-state index is -1.01. The van der Waals surface area contributed by atoms with Gasteiger partial charge in [-0.15, -0.1) is 0 Å². The highest BCUT2D eigenvalue weighted by atomic mass is 16.5. The van der Waals surface area contributed by atoms with E-state index < -0.39 is 5.97 Å². The summed E-state index contributed by atoms with van der Waals surface area (Å²) in [5.41, 5.74) is 1.57. The highest BCUT2D eigenvalue weighted by Gasteiger charge is 2.34. The van der Waals surface area contributed by atoms with Crippen LogP contribution in [0.2, 0.25) is 0 Å². The van der Waals surface area contributed by atoms with Gasteiger partial charge in [-0.1, -0.05) is 24.3 Å². The molecule has 0 aromatic heterocycles. The van der Waals surface area contributed by atoms with Crippen molar-refractivity contribution < 1.29 is 24.2 Å². The number of amides is 2. The Labute approximate surface area is 143 Å². The lowest BCUT2D eigenvalue weighted by Gasteiger charge is -2.14. The largest absolute Gasteiger partial charge is 0.492 e. The lowest BCUT2D eigenvalue weighted by molar-refractivity contribution is -0.131. The molecule has 0 bridgehead atoms. The zero-order valence-corrected chi connectivity index (χ0v) is 13.2. The molecular formula is C19H15NO5. The van der Waals surface area contributed by atoms with Crippen LogP contribution in [0.25, 0.3) is 6.08 Å². The van der Waals surface area contributed by atoms with Crippen LogP contribution >= 0.6 is 0 Å². The Morgan fingerprint density at radius 1 is 1.00 bits per heavy atom. The Balaban J connectivity index is 1.56. The molecule has 0 spiro atoms. The predicted octanol–water partition coefficient (Wildman–Crippen LogP) is 2.46. The predicted molar refractivity (Wildman–Crippen MR) is 90.4 cm³/mol. The molecule has 2 amide bonds. The first kappa shape index (κ1) is 16.4. The second kappa shape index (κ2) is 7.00. The molecule has 0 saturated heterocycles. The summed E-state index contributed by atoms with van der Waals surface area (Å²) in [5, 5.41) is 8.59. The maximum Gasteiger partial charge on any atom is 0.328 e. The van der Waals surface area contributed by atoms with Crippen molar-refractivity contribution in [2.24, 2.45) is 0 Å². The monoisotopic (exact) mass is 337 g/mol. The van der Waals surface area contributed by atoms with E-state index in [1.54, 1.807) is 48.5 Å². The number of rotatable bonds is 6. The van der Waals surface area contributed by atoms with Crippen molar-refractivity contribution >= 4 is 23.9 Å². The number of carboxylic acid groups (broad SMARTS) is 1. The molecule has 1 aliphatic rings. The summed E-state index contributed by atoms with van der Waals surface area (Å²) in [6.45, 7) is 0.336. The maximum absolute atomic E-state index is 12.2. The van der Waals surface area contributed by atoms with Crippen molar-refractivity contribution in [2.75, 3.05) is 13.2 Å². The van der Waals surface area contributed by atoms with Crippen molar-refractivity contribution in [3.8, 4) is 5.75 Å². The summed E-state index contributed by atoms with van der Waals surface area (Å²) in [6.07, 6.45) is 2.53. The molecule has 1 heterocycles. The fourth-order valence-corrected chi connectivity index (χ4v) is 2.54. The molecule has 0 fully saturated rings. The van der Waals surface area contributed by atoms with Crippen molar-refractivity contribution in [2.45, 2.75) is 0 Å². The zero-order chi connectivity index (χ0) is 17.8. The van der Waals surface area contributed by atoms with Gasteiger partial charge in [-0.25, -0.2) is 4.79 Å². The molecular weight excluding hydrogens is 322 g/mol. The highest BCUT2D eigenvalue weighted by Crippen LogP contribution is 2.22. The summed E-state index contributed by atoms with van der Waals surface area (Å²) in [6, 6.07) is 13.6. The van der Waals surface area contributed by atoms with Gasteiger partial charge in [0.15, 0.2) is 0 Å². The lowest BCUT2D eigenvalue weighted by Crippen LogP contribution is -2.33. The summed E-state index contributed by atoms with van der Waals surface area (Å²) >= 11 is 0. The third-order valence-electron chi connectivity index (χ3n) is 3.76. The number of imide groups is 1. The topological polar surface area (TPSA) is 83.9 Å². The van der Waals surface area contributed by atoms with E-state index in [1.807, 2.05) is 0 Å². The molecule has 0 radical (unpaired) electrons. The van der Waals surface area contributed by atoms with Gasteiger partial charge >= 0.3 is 5.97 Å². The van der Waals surface area contributed by atoms with E-state index in [0.717, 1.165) is 11.6 Å². The van der Waals surface area contributed by atoms with Gasteiger partial charge in [0, 0.05) is 6.08 Å². The quantitative estimate of drug-likeness (QED) is 0.646. The zero-order valence-electron chi connectivity index (χ0n) is 13.2. The van der Waals surface area contributed by atoms with Gasteiger partial charge < -0.3 is 9.84 Å². The molecule has 0 atom stereocenters. The Morgan fingerprint density at radius 2 is 1.60 bits per heavy atom. The second-order valence-corrected chi connectivity index (χ2v) is 5.40. The van der Waals surface area contributed by atoms with Gasteiger partial charge in [0.1, 0.15) is 12.4 Å². The fraction of sp³-hybridized carbons (Fsp3) is 0.105. The third kappa shape index (κ3) is 3.58. The van der Waals surface area contributed by atoms with E-state index in [0.29, 0.717) is 16.9 Å². The van der Waals surface area contributed by atoms with Crippen LogP contribution in [0.1, 0.15) is 26.3 Å². The van der Waals surface area contributed by atoms with Gasteiger partial charge in [0.25, 0.3) is 11.8 Å². The second-order valence-electron chi connectivity index (χ2n) is 5.40. The standard InChI is InChI=1S/C19H15NO5/c21-17(22)10-7-13-5-8-14(9-6-13)25-12-11-20-18(23)15-3-1-2-4-16(15)19(20)24/h1-10H,11-12H2,(H,21,22). The van der Waals surface area contributed by atoms with Gasteiger partial charge in [0.2, 0.25) is 0 Å². The number of carboxylic acids is 1. The molecule has 0 saturated carbocycles. The molecule has 0 aliphatic carbocycles. The van der Waals surface area contributed by atoms with Crippen LogP contribution in [0.3, 0.4) is 0 Å². The molecule has 1 aliphatic heterocycles. The Bertz CT molecular complexity index is 819. The number of ether oxygens (including phenoxy) is 1. The number of benzene rings is 2. The molecule has 1 N–H and O–H groups in total. The van der Waals surface area contributed by atoms with Crippen molar-refractivity contribution in [1.29, 1.82) is 0 Å². The Morgan fingerprint density at radius 3 is 2.16 bits per heavy atom. The van der Waals surface area contributed by atoms with Crippen molar-refractivity contribution in [1.82, 2.24) is 4.90 Å². The lowest BCUT2D eigenvalue weighted by atomic mass is 10.1. The minimum absolute atomic E-state index is 0.160. The molecule has 25 heavy (non-hydrogen) atoms. The first-order valence-corrected chi connectivity index (χ1v) is 7.65. The normalized spacial score (nSPS) is 13.4. The van der Waals surface area contributed by atoms with Gasteiger partial charge in [-0.05, 0) is 35.9 Å². The van der Waals surface area contributed by atoms with Crippen LogP contribution < -0.4 is 4.74 Å². The average molecular weight is 337 g/mol. The smallest absolute Gasteiger partial charge is 0.328 e. The van der Waals surface area contributed by atoms with Gasteiger partial charge in [0.05, 0.1) is 17.7 Å². The van der Waals surface area contributed by atoms with Gasteiger partial charge in [-0.3, -0.25) is 14.5 Å². The van der Waals surface area contributed by atoms with Gasteiger partial charge in [-0.2, -0.15) is 0 Å². The summed E-state index contributed by atoms with van der Waals surface area (Å²) in [7, 11) is 0. The fourth-order valence-electron chi connectivity index (χ4n) is 2.54. The summed E-state index contributed by atoms with van der Waals surface area (Å²) in [4.78, 5) is 36.1. The van der Waals surface area contributed by atoms with Crippen LogP contribution in [0, 0.1) is 0 Å². The first-order valence-electron chi connectivity index (χ1n) is 7.65. The number of carbonyl (C=O) groups is 3. The van der Waals surface area contributed by atoms with Crippen LogP contribution in [0.15, 0.2) is 54.6 Å². The first-order chi connectivity index (χ1) is 12.1. The third-order valence-corrected chi connectivity index (χ3v) is 3.76. The molecule has 2 aromatic carbocycles. The molecule has 3 rings (SSSR count). The number of hydrogen-bond acceptors (Lipinski definition) is 4. The van der Waals surface area contributed by atoms with E-state index in [1.165, 1.54) is 11.0 Å². The molecule has 0 unspecified atom stereocenters. The van der Waals surface area contributed by atoms with E-state index in [9.17, 15) is 14.4 Å². The van der Waals surface area contributed by atoms with E-state index >= 15 is 0 Å². The summed E-state index contributed by atoms with van der Waals surface area (Å²) < 4.78 is 5.56. The summed E-state index contributed by atoms with van der Waals surface area (Å²) in [5.74, 6) is -1.05. The number of nitrogens with zero attached hydrogens (tertiary/aromatic N) is 1. The van der Waals surface area contributed by atoms with E-state index in [2.05, 4.69) is 0 Å². The maximum atomic E-state index is 12.2. The van der Waals surface area contributed by atoms with Crippen LogP contribution in [0.5, 0.6) is 5.75 Å². The molecule has 126 valence electrons. The SMILES string of the molecule is O=C(O)C=Cc1ccc(OCCN2C(=O)c3ccccc3C2=O)cc1. The highest BCUT2D eigenvalue weighted by molar-refractivity contribution is 6.21. The molecule has 6 heteroatoms. The number of carbonyl (C=O) groups excluding carboxylic acids is 2.